The van der Waals surface area contributed by atoms with Gasteiger partial charge < -0.3 is 5.32 Å². The van der Waals surface area contributed by atoms with Crippen LogP contribution in [0.15, 0.2) is 78.5 Å². The summed E-state index contributed by atoms with van der Waals surface area (Å²) in [5.74, 6) is 0.711. The zero-order valence-electron chi connectivity index (χ0n) is 26.3. The molecule has 1 radical (unpaired) electrons. The summed E-state index contributed by atoms with van der Waals surface area (Å²) in [6.45, 7) is 16.6. The molecule has 2 heterocycles. The number of nitrogens with zero attached hydrogens (tertiary/aromatic N) is 2. The van der Waals surface area contributed by atoms with Crippen LogP contribution in [0.3, 0.4) is 0 Å². The number of thiophene rings is 1. The Bertz CT molecular complexity index is 1810. The molecule has 1 aliphatic carbocycles. The largest absolute Gasteiger partial charge is 0.686 e. The molecule has 0 N–H and O–H groups in total. The Morgan fingerprint density at radius 3 is 2.44 bits per heavy atom. The van der Waals surface area contributed by atoms with Gasteiger partial charge in [-0.05, 0) is 76.5 Å². The second-order valence-electron chi connectivity index (χ2n) is 12.5. The van der Waals surface area contributed by atoms with Crippen molar-refractivity contribution < 1.29 is 24.9 Å². The van der Waals surface area contributed by atoms with Crippen LogP contribution in [0.2, 0.25) is 0 Å². The predicted octanol–water partition coefficient (Wildman–Crippen LogP) is 10.7. The summed E-state index contributed by atoms with van der Waals surface area (Å²) in [7, 11) is 0. The van der Waals surface area contributed by atoms with Gasteiger partial charge in [-0.3, -0.25) is 9.78 Å². The zero-order chi connectivity index (χ0) is 30.2. The summed E-state index contributed by atoms with van der Waals surface area (Å²) in [5, 5.41) is 6.75. The maximum Gasteiger partial charge on any atom is 0.151 e. The van der Waals surface area contributed by atoms with Gasteiger partial charge in [0.2, 0.25) is 0 Å². The predicted molar refractivity (Wildman–Crippen MR) is 180 cm³/mol. The number of fused-ring (bicyclic) bond motifs is 6. The van der Waals surface area contributed by atoms with Crippen LogP contribution in [0.1, 0.15) is 72.1 Å². The number of allylic oxidation sites excluding steroid dienone is 2. The summed E-state index contributed by atoms with van der Waals surface area (Å²) in [5.41, 5.74) is 9.45. The van der Waals surface area contributed by atoms with Gasteiger partial charge in [0.25, 0.3) is 0 Å². The normalized spacial score (nSPS) is 13.4. The Hall–Kier alpha value is -3.11. The molecule has 0 aliphatic heterocycles. The van der Waals surface area contributed by atoms with Crippen LogP contribution >= 0.6 is 11.3 Å². The number of ketones is 1. The SMILES string of the molecule is CC(=O)/C=C(/C)[N-]C(C)C.CC(C)Cc1ccc2nc(-c3[c-]ccc4c3C(C)(C)c3c-4sc4ccccc34)ccc2c1.[Ir]. The second-order valence-corrected chi connectivity index (χ2v) is 13.6. The van der Waals surface area contributed by atoms with Crippen molar-refractivity contribution in [3.8, 4) is 21.7 Å². The number of rotatable bonds is 6. The molecule has 1 aliphatic rings. The van der Waals surface area contributed by atoms with E-state index in [4.69, 9.17) is 4.98 Å². The Labute approximate surface area is 274 Å². The topological polar surface area (TPSA) is 44.1 Å². The van der Waals surface area contributed by atoms with Crippen molar-refractivity contribution in [1.29, 1.82) is 0 Å². The summed E-state index contributed by atoms with van der Waals surface area (Å²) in [6.07, 6.45) is 2.64. The van der Waals surface area contributed by atoms with Crippen LogP contribution in [0.5, 0.6) is 0 Å². The molecule has 6 rings (SSSR count). The molecule has 3 aromatic carbocycles. The maximum atomic E-state index is 10.5. The van der Waals surface area contributed by atoms with E-state index in [2.05, 4.69) is 106 Å². The minimum atomic E-state index is -0.0882. The van der Waals surface area contributed by atoms with Crippen molar-refractivity contribution in [2.24, 2.45) is 5.92 Å². The number of benzene rings is 3. The van der Waals surface area contributed by atoms with Gasteiger partial charge in [-0.2, -0.15) is 5.70 Å². The van der Waals surface area contributed by atoms with Gasteiger partial charge in [0.1, 0.15) is 0 Å². The average Bonchev–Trinajstić information content (AvgIpc) is 3.41. The Morgan fingerprint density at radius 1 is 1.00 bits per heavy atom. The number of hydrogen-bond donors (Lipinski definition) is 0. The van der Waals surface area contributed by atoms with Crippen LogP contribution in [0.25, 0.3) is 48.0 Å². The Kier molecular flexibility index (Phi) is 10.1. The molecule has 5 aromatic rings. The van der Waals surface area contributed by atoms with Gasteiger partial charge in [0.15, 0.2) is 5.78 Å². The molecule has 0 atom stereocenters. The molecular weight excluding hydrogens is 725 g/mol. The maximum absolute atomic E-state index is 10.5. The van der Waals surface area contributed by atoms with Crippen molar-refractivity contribution in [1.82, 2.24) is 4.98 Å². The summed E-state index contributed by atoms with van der Waals surface area (Å²) in [4.78, 5) is 17.0. The third-order valence-corrected chi connectivity index (χ3v) is 8.82. The first-order valence-electron chi connectivity index (χ1n) is 14.8. The first-order chi connectivity index (χ1) is 20.0. The van der Waals surface area contributed by atoms with Crippen molar-refractivity contribution in [2.75, 3.05) is 0 Å². The quantitative estimate of drug-likeness (QED) is 0.128. The second kappa shape index (κ2) is 13.3. The summed E-state index contributed by atoms with van der Waals surface area (Å²) >= 11 is 1.91. The first kappa shape index (κ1) is 32.8. The third kappa shape index (κ3) is 6.85. The van der Waals surface area contributed by atoms with Crippen LogP contribution < -0.4 is 0 Å². The van der Waals surface area contributed by atoms with Gasteiger partial charge in [-0.25, -0.2) is 0 Å². The van der Waals surface area contributed by atoms with E-state index >= 15 is 0 Å². The summed E-state index contributed by atoms with van der Waals surface area (Å²) < 4.78 is 1.37. The Morgan fingerprint density at radius 2 is 1.74 bits per heavy atom. The molecular formula is C38H40IrN2OS-2. The number of pyridine rings is 1. The minimum absolute atomic E-state index is 0. The van der Waals surface area contributed by atoms with E-state index in [1.807, 2.05) is 32.1 Å². The van der Waals surface area contributed by atoms with Crippen molar-refractivity contribution in [3.63, 3.8) is 0 Å². The smallest absolute Gasteiger partial charge is 0.151 e. The average molecular weight is 765 g/mol. The fraction of sp³-hybridized carbons (Fsp3) is 0.316. The van der Waals surface area contributed by atoms with E-state index in [1.54, 1.807) is 6.08 Å². The molecule has 0 bridgehead atoms. The molecule has 0 saturated heterocycles. The molecule has 0 spiro atoms. The van der Waals surface area contributed by atoms with Crippen LogP contribution in [-0.4, -0.2) is 16.8 Å². The molecule has 225 valence electrons. The molecule has 2 aromatic heterocycles. The van der Waals surface area contributed by atoms with Gasteiger partial charge in [-0.15, -0.1) is 46.7 Å². The number of aromatic nitrogens is 1. The van der Waals surface area contributed by atoms with E-state index in [1.165, 1.54) is 49.5 Å². The van der Waals surface area contributed by atoms with E-state index < -0.39 is 0 Å². The molecule has 0 unspecified atom stereocenters. The van der Waals surface area contributed by atoms with E-state index in [0.29, 0.717) is 5.92 Å². The van der Waals surface area contributed by atoms with Crippen LogP contribution in [0.4, 0.5) is 0 Å². The van der Waals surface area contributed by atoms with Crippen molar-refractivity contribution in [3.05, 3.63) is 107 Å². The molecule has 3 nitrogen and oxygen atoms in total. The monoisotopic (exact) mass is 765 g/mol. The van der Waals surface area contributed by atoms with Gasteiger partial charge >= 0.3 is 0 Å². The third-order valence-electron chi connectivity index (χ3n) is 7.61. The van der Waals surface area contributed by atoms with Gasteiger partial charge in [0.05, 0.1) is 5.52 Å². The number of hydrogen-bond acceptors (Lipinski definition) is 3. The summed E-state index contributed by atoms with van der Waals surface area (Å²) in [6, 6.07) is 28.0. The van der Waals surface area contributed by atoms with Crippen LogP contribution in [-0.2, 0) is 36.7 Å². The zero-order valence-corrected chi connectivity index (χ0v) is 29.5. The van der Waals surface area contributed by atoms with Crippen LogP contribution in [0, 0.1) is 12.0 Å². The standard InChI is InChI=1S/C30H26NS.C8H15NO.Ir/c1-18(2)16-19-12-14-24-20(17-19)13-15-25(31-24)21-9-7-10-23-27(21)30(3,4)28-22-8-5-6-11-26(22)32-29(23)28;1-6(2)9-7(3)5-8(4)10;/h5-8,10-15,17-18H,16H2,1-4H3;5-6H,1-4H3,(H,9,10);/q-1;;/p-1. The van der Waals surface area contributed by atoms with E-state index in [-0.39, 0.29) is 37.3 Å². The minimum Gasteiger partial charge on any atom is -0.686 e. The number of carbonyl (C=O) groups excluding carboxylic acids is 1. The molecule has 0 amide bonds. The molecule has 0 fully saturated rings. The molecule has 5 heteroatoms. The number of carbonyl (C=O) groups is 1. The van der Waals surface area contributed by atoms with E-state index in [0.717, 1.165) is 28.9 Å². The van der Waals surface area contributed by atoms with E-state index in [9.17, 15) is 4.79 Å². The Balaban J connectivity index is 0.000000335. The van der Waals surface area contributed by atoms with Crippen molar-refractivity contribution >= 4 is 38.1 Å². The first-order valence-corrected chi connectivity index (χ1v) is 15.6. The van der Waals surface area contributed by atoms with Crippen molar-refractivity contribution in [2.45, 2.75) is 73.3 Å². The molecule has 43 heavy (non-hydrogen) atoms. The molecule has 0 saturated carbocycles. The fourth-order valence-corrected chi connectivity index (χ4v) is 7.56. The van der Waals surface area contributed by atoms with Gasteiger partial charge in [-0.1, -0.05) is 90.4 Å². The van der Waals surface area contributed by atoms with Gasteiger partial charge in [0, 0.05) is 29.7 Å². The fourth-order valence-electron chi connectivity index (χ4n) is 6.17.